The zero-order valence-corrected chi connectivity index (χ0v) is 8.04. The summed E-state index contributed by atoms with van der Waals surface area (Å²) in [4.78, 5) is 10.3. The standard InChI is InChI=1S/C7H11IO2/c1-6(7(9)10)4-2-3-5-8/h3,5-6H,2,4H2,1H3,(H,9,10)/b5-3+/t6-/m0/s1. The van der Waals surface area contributed by atoms with Crippen LogP contribution in [0.25, 0.3) is 0 Å². The van der Waals surface area contributed by atoms with Crippen LogP contribution in [-0.2, 0) is 4.79 Å². The van der Waals surface area contributed by atoms with Gasteiger partial charge in [0, 0.05) is 0 Å². The molecule has 0 aromatic heterocycles. The number of allylic oxidation sites excluding steroid dienone is 1. The summed E-state index contributed by atoms with van der Waals surface area (Å²) in [5.41, 5.74) is 0. The summed E-state index contributed by atoms with van der Waals surface area (Å²) >= 11 is 2.12. The number of carboxylic acid groups (broad SMARTS) is 1. The first-order chi connectivity index (χ1) is 4.68. The minimum atomic E-state index is -0.707. The van der Waals surface area contributed by atoms with E-state index in [4.69, 9.17) is 5.11 Å². The van der Waals surface area contributed by atoms with Crippen LogP contribution >= 0.6 is 22.6 Å². The van der Waals surface area contributed by atoms with Crippen molar-refractivity contribution in [2.45, 2.75) is 19.8 Å². The normalized spacial score (nSPS) is 13.8. The van der Waals surface area contributed by atoms with Gasteiger partial charge in [-0.1, -0.05) is 35.6 Å². The smallest absolute Gasteiger partial charge is 0.306 e. The van der Waals surface area contributed by atoms with Crippen molar-refractivity contribution in [1.82, 2.24) is 0 Å². The molecule has 0 bridgehead atoms. The molecule has 0 aliphatic carbocycles. The van der Waals surface area contributed by atoms with E-state index in [0.29, 0.717) is 0 Å². The van der Waals surface area contributed by atoms with E-state index in [1.165, 1.54) is 0 Å². The molecular weight excluding hydrogens is 243 g/mol. The van der Waals surface area contributed by atoms with Crippen molar-refractivity contribution in [2.24, 2.45) is 5.92 Å². The van der Waals surface area contributed by atoms with E-state index in [1.54, 1.807) is 6.92 Å². The van der Waals surface area contributed by atoms with Crippen LogP contribution in [0, 0.1) is 5.92 Å². The lowest BCUT2D eigenvalue weighted by atomic mass is 10.1. The third-order valence-electron chi connectivity index (χ3n) is 1.28. The molecule has 58 valence electrons. The molecular formula is C7H11IO2. The highest BCUT2D eigenvalue weighted by molar-refractivity contribution is 14.1. The molecule has 0 saturated carbocycles. The summed E-state index contributed by atoms with van der Waals surface area (Å²) in [5, 5.41) is 8.46. The number of carboxylic acids is 1. The molecule has 3 heteroatoms. The van der Waals surface area contributed by atoms with Gasteiger partial charge in [0.1, 0.15) is 0 Å². The molecule has 1 N–H and O–H groups in total. The minimum Gasteiger partial charge on any atom is -0.481 e. The van der Waals surface area contributed by atoms with E-state index in [-0.39, 0.29) is 5.92 Å². The van der Waals surface area contributed by atoms with Gasteiger partial charge in [-0.15, -0.1) is 0 Å². The van der Waals surface area contributed by atoms with Crippen molar-refractivity contribution in [3.63, 3.8) is 0 Å². The maximum Gasteiger partial charge on any atom is 0.306 e. The third kappa shape index (κ3) is 4.78. The first-order valence-electron chi connectivity index (χ1n) is 3.16. The molecule has 0 aromatic rings. The maximum absolute atomic E-state index is 10.3. The van der Waals surface area contributed by atoms with E-state index in [2.05, 4.69) is 22.6 Å². The summed E-state index contributed by atoms with van der Waals surface area (Å²) < 4.78 is 1.91. The SMILES string of the molecule is C[C@@H](CC/C=C/I)C(=O)O. The molecule has 2 nitrogen and oxygen atoms in total. The third-order valence-corrected chi connectivity index (χ3v) is 1.79. The molecule has 0 saturated heterocycles. The molecule has 0 heterocycles. The monoisotopic (exact) mass is 254 g/mol. The summed E-state index contributed by atoms with van der Waals surface area (Å²) in [6.07, 6.45) is 3.56. The van der Waals surface area contributed by atoms with Crippen LogP contribution in [0.2, 0.25) is 0 Å². The molecule has 1 atom stereocenters. The highest BCUT2D eigenvalue weighted by Gasteiger charge is 2.07. The molecule has 10 heavy (non-hydrogen) atoms. The van der Waals surface area contributed by atoms with Gasteiger partial charge in [-0.3, -0.25) is 4.79 Å². The fourth-order valence-corrected chi connectivity index (χ4v) is 0.892. The second kappa shape index (κ2) is 5.70. The Kier molecular flexibility index (Phi) is 5.67. The highest BCUT2D eigenvalue weighted by atomic mass is 127. The Bertz CT molecular complexity index is 132. The molecule has 0 rings (SSSR count). The summed E-state index contributed by atoms with van der Waals surface area (Å²) in [6, 6.07) is 0. The Morgan fingerprint density at radius 2 is 2.40 bits per heavy atom. The molecule has 0 aliphatic rings. The largest absolute Gasteiger partial charge is 0.481 e. The van der Waals surface area contributed by atoms with Gasteiger partial charge < -0.3 is 5.11 Å². The van der Waals surface area contributed by atoms with Crippen LogP contribution in [-0.4, -0.2) is 11.1 Å². The van der Waals surface area contributed by atoms with E-state index in [1.807, 2.05) is 10.2 Å². The average molecular weight is 254 g/mol. The number of halogens is 1. The Morgan fingerprint density at radius 1 is 1.80 bits per heavy atom. The fourth-order valence-electron chi connectivity index (χ4n) is 0.533. The van der Waals surface area contributed by atoms with Gasteiger partial charge in [-0.25, -0.2) is 0 Å². The second-order valence-corrected chi connectivity index (χ2v) is 2.90. The predicted octanol–water partition coefficient (Wildman–Crippen LogP) is 2.44. The maximum atomic E-state index is 10.3. The van der Waals surface area contributed by atoms with Crippen LogP contribution in [0.4, 0.5) is 0 Å². The van der Waals surface area contributed by atoms with E-state index in [0.717, 1.165) is 12.8 Å². The second-order valence-electron chi connectivity index (χ2n) is 2.18. The zero-order valence-electron chi connectivity index (χ0n) is 5.88. The van der Waals surface area contributed by atoms with Crippen LogP contribution in [0.1, 0.15) is 19.8 Å². The van der Waals surface area contributed by atoms with Gasteiger partial charge in [0.2, 0.25) is 0 Å². The molecule has 0 fully saturated rings. The van der Waals surface area contributed by atoms with Crippen LogP contribution in [0.5, 0.6) is 0 Å². The molecule has 0 radical (unpaired) electrons. The van der Waals surface area contributed by atoms with Crippen molar-refractivity contribution >= 4 is 28.6 Å². The average Bonchev–Trinajstić information content (AvgIpc) is 1.88. The van der Waals surface area contributed by atoms with Crippen molar-refractivity contribution in [1.29, 1.82) is 0 Å². The topological polar surface area (TPSA) is 37.3 Å². The first kappa shape index (κ1) is 9.94. The minimum absolute atomic E-state index is 0.215. The van der Waals surface area contributed by atoms with Crippen molar-refractivity contribution in [3.8, 4) is 0 Å². The molecule has 0 amide bonds. The van der Waals surface area contributed by atoms with E-state index < -0.39 is 5.97 Å². The van der Waals surface area contributed by atoms with Gasteiger partial charge in [0.25, 0.3) is 0 Å². The molecule has 0 aromatic carbocycles. The summed E-state index contributed by atoms with van der Waals surface area (Å²) in [5.74, 6) is -0.922. The number of carbonyl (C=O) groups is 1. The quantitative estimate of drug-likeness (QED) is 0.782. The van der Waals surface area contributed by atoms with E-state index in [9.17, 15) is 4.79 Å². The Hall–Kier alpha value is -0.0600. The van der Waals surface area contributed by atoms with E-state index >= 15 is 0 Å². The zero-order chi connectivity index (χ0) is 7.98. The van der Waals surface area contributed by atoms with Gasteiger partial charge in [0.15, 0.2) is 0 Å². The van der Waals surface area contributed by atoms with Crippen molar-refractivity contribution < 1.29 is 9.90 Å². The molecule has 0 unspecified atom stereocenters. The lowest BCUT2D eigenvalue weighted by molar-refractivity contribution is -0.141. The Labute approximate surface area is 74.5 Å². The fraction of sp³-hybridized carbons (Fsp3) is 0.571. The Morgan fingerprint density at radius 3 is 2.80 bits per heavy atom. The summed E-state index contributed by atoms with van der Waals surface area (Å²) in [7, 11) is 0. The molecule has 0 spiro atoms. The van der Waals surface area contributed by atoms with Crippen molar-refractivity contribution in [2.75, 3.05) is 0 Å². The first-order valence-corrected chi connectivity index (χ1v) is 4.41. The van der Waals surface area contributed by atoms with Gasteiger partial charge in [-0.05, 0) is 16.9 Å². The van der Waals surface area contributed by atoms with Crippen LogP contribution in [0.15, 0.2) is 10.2 Å². The number of hydrogen-bond acceptors (Lipinski definition) is 1. The number of rotatable bonds is 4. The number of hydrogen-bond donors (Lipinski definition) is 1. The van der Waals surface area contributed by atoms with Crippen LogP contribution < -0.4 is 0 Å². The van der Waals surface area contributed by atoms with Crippen molar-refractivity contribution in [3.05, 3.63) is 10.2 Å². The number of aliphatic carboxylic acids is 1. The van der Waals surface area contributed by atoms with Gasteiger partial charge >= 0.3 is 5.97 Å². The molecule has 0 aliphatic heterocycles. The van der Waals surface area contributed by atoms with Gasteiger partial charge in [0.05, 0.1) is 5.92 Å². The highest BCUT2D eigenvalue weighted by Crippen LogP contribution is 2.06. The lowest BCUT2D eigenvalue weighted by Gasteiger charge is -2.00. The predicted molar refractivity (Wildman–Crippen MR) is 49.2 cm³/mol. The lowest BCUT2D eigenvalue weighted by Crippen LogP contribution is -2.08. The van der Waals surface area contributed by atoms with Gasteiger partial charge in [-0.2, -0.15) is 0 Å². The van der Waals surface area contributed by atoms with Crippen LogP contribution in [0.3, 0.4) is 0 Å². The Balaban J connectivity index is 3.39. The summed E-state index contributed by atoms with van der Waals surface area (Å²) in [6.45, 7) is 1.73.